The molecule has 2 aliphatic rings. The Morgan fingerprint density at radius 2 is 2.09 bits per heavy atom. The molecular formula is C15H15Cl2N3O2. The molecule has 22 heavy (non-hydrogen) atoms. The third-order valence-corrected chi connectivity index (χ3v) is 3.86. The summed E-state index contributed by atoms with van der Waals surface area (Å²) in [7, 11) is 0. The number of anilines is 1. The standard InChI is InChI=1S/C15H14ClN3O2.ClH/c16-11-1-2-13-12(9-11)19(8-5-17)15(20)14(21-13)10-3-6-18-7-4-10;/h1-2,9,18H,3-4,6-8H2;1H. The highest BCUT2D eigenvalue weighted by Gasteiger charge is 2.32. The van der Waals surface area contributed by atoms with Gasteiger partial charge in [-0.1, -0.05) is 11.6 Å². The Balaban J connectivity index is 0.00000176. The van der Waals surface area contributed by atoms with E-state index in [1.54, 1.807) is 18.2 Å². The number of ether oxygens (including phenoxy) is 1. The molecule has 0 aromatic heterocycles. The normalized spacial score (nSPS) is 17.3. The van der Waals surface area contributed by atoms with Crippen LogP contribution in [0.4, 0.5) is 5.69 Å². The third-order valence-electron chi connectivity index (χ3n) is 3.62. The summed E-state index contributed by atoms with van der Waals surface area (Å²) in [5, 5.41) is 12.7. The van der Waals surface area contributed by atoms with Crippen LogP contribution in [-0.4, -0.2) is 25.5 Å². The van der Waals surface area contributed by atoms with Crippen molar-refractivity contribution in [2.45, 2.75) is 12.8 Å². The van der Waals surface area contributed by atoms with Gasteiger partial charge >= 0.3 is 0 Å². The molecule has 0 unspecified atom stereocenters. The topological polar surface area (TPSA) is 65.4 Å². The third kappa shape index (κ3) is 3.05. The van der Waals surface area contributed by atoms with E-state index < -0.39 is 0 Å². The number of benzene rings is 1. The minimum Gasteiger partial charge on any atom is -0.449 e. The zero-order valence-corrected chi connectivity index (χ0v) is 13.3. The molecule has 2 heterocycles. The van der Waals surface area contributed by atoms with Gasteiger partial charge in [0.1, 0.15) is 6.54 Å². The van der Waals surface area contributed by atoms with Crippen LogP contribution < -0.4 is 15.0 Å². The summed E-state index contributed by atoms with van der Waals surface area (Å²) in [6.45, 7) is 1.65. The summed E-state index contributed by atoms with van der Waals surface area (Å²) in [6.07, 6.45) is 1.56. The predicted octanol–water partition coefficient (Wildman–Crippen LogP) is 2.65. The Bertz CT molecular complexity index is 659. The molecule has 3 rings (SSSR count). The van der Waals surface area contributed by atoms with Crippen molar-refractivity contribution in [1.82, 2.24) is 5.32 Å². The number of piperidine rings is 1. The molecule has 1 saturated heterocycles. The highest BCUT2D eigenvalue weighted by molar-refractivity contribution is 6.31. The molecule has 2 aliphatic heterocycles. The average molecular weight is 340 g/mol. The second kappa shape index (κ2) is 7.01. The van der Waals surface area contributed by atoms with Crippen LogP contribution in [0.5, 0.6) is 5.75 Å². The largest absolute Gasteiger partial charge is 0.449 e. The number of nitrogens with zero attached hydrogens (tertiary/aromatic N) is 2. The van der Waals surface area contributed by atoms with Crippen LogP contribution in [0.3, 0.4) is 0 Å². The molecule has 7 heteroatoms. The number of amides is 1. The van der Waals surface area contributed by atoms with Crippen LogP contribution in [0.1, 0.15) is 12.8 Å². The Labute approximate surface area is 139 Å². The first kappa shape index (κ1) is 16.6. The van der Waals surface area contributed by atoms with E-state index in [4.69, 9.17) is 21.6 Å². The summed E-state index contributed by atoms with van der Waals surface area (Å²) in [6, 6.07) is 7.12. The van der Waals surface area contributed by atoms with Crippen molar-refractivity contribution in [2.24, 2.45) is 0 Å². The number of hydrogen-bond donors (Lipinski definition) is 1. The molecule has 0 aliphatic carbocycles. The molecule has 1 fully saturated rings. The Morgan fingerprint density at radius 1 is 1.36 bits per heavy atom. The Kier molecular flexibility index (Phi) is 5.30. The Morgan fingerprint density at radius 3 is 2.77 bits per heavy atom. The van der Waals surface area contributed by atoms with Crippen molar-refractivity contribution >= 4 is 35.6 Å². The summed E-state index contributed by atoms with van der Waals surface area (Å²) >= 11 is 5.98. The van der Waals surface area contributed by atoms with Gasteiger partial charge in [0.15, 0.2) is 11.5 Å². The molecule has 116 valence electrons. The van der Waals surface area contributed by atoms with E-state index in [9.17, 15) is 4.79 Å². The van der Waals surface area contributed by atoms with Gasteiger partial charge in [0.25, 0.3) is 5.91 Å². The van der Waals surface area contributed by atoms with E-state index in [2.05, 4.69) is 5.32 Å². The average Bonchev–Trinajstić information content (AvgIpc) is 2.51. The van der Waals surface area contributed by atoms with Crippen LogP contribution in [-0.2, 0) is 4.79 Å². The second-order valence-corrected chi connectivity index (χ2v) is 5.38. The van der Waals surface area contributed by atoms with E-state index >= 15 is 0 Å². The fraction of sp³-hybridized carbons (Fsp3) is 0.333. The van der Waals surface area contributed by atoms with Crippen LogP contribution in [0.15, 0.2) is 29.5 Å². The molecule has 1 aromatic carbocycles. The maximum atomic E-state index is 12.6. The number of nitrogens with one attached hydrogen (secondary N) is 1. The highest BCUT2D eigenvalue weighted by atomic mass is 35.5. The van der Waals surface area contributed by atoms with Crippen LogP contribution in [0, 0.1) is 11.3 Å². The van der Waals surface area contributed by atoms with Crippen LogP contribution in [0.2, 0.25) is 5.02 Å². The molecular weight excluding hydrogens is 325 g/mol. The van der Waals surface area contributed by atoms with Crippen LogP contribution >= 0.6 is 24.0 Å². The van der Waals surface area contributed by atoms with Crippen molar-refractivity contribution in [3.63, 3.8) is 0 Å². The van der Waals surface area contributed by atoms with Gasteiger partial charge in [-0.05, 0) is 49.7 Å². The van der Waals surface area contributed by atoms with Gasteiger partial charge in [0.05, 0.1) is 11.8 Å². The molecule has 0 radical (unpaired) electrons. The van der Waals surface area contributed by atoms with Gasteiger partial charge in [-0.2, -0.15) is 5.26 Å². The summed E-state index contributed by atoms with van der Waals surface area (Å²) in [5.74, 6) is 0.667. The van der Waals surface area contributed by atoms with Gasteiger partial charge in [0, 0.05) is 5.02 Å². The first-order chi connectivity index (χ1) is 10.2. The van der Waals surface area contributed by atoms with Crippen molar-refractivity contribution in [2.75, 3.05) is 24.5 Å². The van der Waals surface area contributed by atoms with Gasteiger partial charge in [-0.15, -0.1) is 12.4 Å². The zero-order chi connectivity index (χ0) is 14.8. The molecule has 5 nitrogen and oxygen atoms in total. The minimum absolute atomic E-state index is 0. The smallest absolute Gasteiger partial charge is 0.294 e. The quantitative estimate of drug-likeness (QED) is 0.631. The highest BCUT2D eigenvalue weighted by Crippen LogP contribution is 2.38. The number of halogens is 2. The summed E-state index contributed by atoms with van der Waals surface area (Å²) in [4.78, 5) is 14.0. The van der Waals surface area contributed by atoms with Gasteiger partial charge in [-0.25, -0.2) is 0 Å². The number of hydrogen-bond acceptors (Lipinski definition) is 4. The van der Waals surface area contributed by atoms with Gasteiger partial charge in [-0.3, -0.25) is 9.69 Å². The maximum Gasteiger partial charge on any atom is 0.294 e. The number of fused-ring (bicyclic) bond motifs is 1. The Hall–Kier alpha value is -1.74. The second-order valence-electron chi connectivity index (χ2n) is 4.95. The van der Waals surface area contributed by atoms with Gasteiger partial charge in [0.2, 0.25) is 0 Å². The summed E-state index contributed by atoms with van der Waals surface area (Å²) in [5.41, 5.74) is 1.55. The molecule has 1 N–H and O–H groups in total. The molecule has 0 saturated carbocycles. The molecule has 0 atom stereocenters. The van der Waals surface area contributed by atoms with Crippen molar-refractivity contribution in [3.8, 4) is 11.8 Å². The molecule has 0 spiro atoms. The van der Waals surface area contributed by atoms with Crippen molar-refractivity contribution < 1.29 is 9.53 Å². The number of carbonyl (C=O) groups excluding carboxylic acids is 1. The fourth-order valence-corrected chi connectivity index (χ4v) is 2.75. The fourth-order valence-electron chi connectivity index (χ4n) is 2.58. The number of carbonyl (C=O) groups is 1. The molecule has 0 bridgehead atoms. The number of rotatable bonds is 1. The van der Waals surface area contributed by atoms with E-state index in [1.165, 1.54) is 4.90 Å². The lowest BCUT2D eigenvalue weighted by molar-refractivity contribution is -0.117. The van der Waals surface area contributed by atoms with E-state index in [-0.39, 0.29) is 24.9 Å². The molecule has 1 aromatic rings. The molecule has 1 amide bonds. The van der Waals surface area contributed by atoms with E-state index in [0.29, 0.717) is 22.2 Å². The maximum absolute atomic E-state index is 12.6. The summed E-state index contributed by atoms with van der Waals surface area (Å²) < 4.78 is 5.81. The van der Waals surface area contributed by atoms with Crippen molar-refractivity contribution in [3.05, 3.63) is 34.6 Å². The number of nitriles is 1. The first-order valence-electron chi connectivity index (χ1n) is 6.79. The monoisotopic (exact) mass is 339 g/mol. The lowest BCUT2D eigenvalue weighted by Gasteiger charge is -2.31. The van der Waals surface area contributed by atoms with E-state index in [0.717, 1.165) is 31.5 Å². The zero-order valence-electron chi connectivity index (χ0n) is 11.8. The van der Waals surface area contributed by atoms with Crippen LogP contribution in [0.25, 0.3) is 0 Å². The SMILES string of the molecule is Cl.N#CCN1C(=O)C(=C2CCNCC2)Oc2ccc(Cl)cc21. The minimum atomic E-state index is -0.261. The lowest BCUT2D eigenvalue weighted by atomic mass is 10.0. The van der Waals surface area contributed by atoms with Gasteiger partial charge < -0.3 is 10.1 Å². The lowest BCUT2D eigenvalue weighted by Crippen LogP contribution is -2.39. The van der Waals surface area contributed by atoms with E-state index in [1.807, 2.05) is 6.07 Å². The van der Waals surface area contributed by atoms with Crippen molar-refractivity contribution in [1.29, 1.82) is 5.26 Å². The predicted molar refractivity (Wildman–Crippen MR) is 86.4 cm³/mol. The first-order valence-corrected chi connectivity index (χ1v) is 7.17.